The van der Waals surface area contributed by atoms with Crippen molar-refractivity contribution in [2.75, 3.05) is 5.75 Å². The van der Waals surface area contributed by atoms with Crippen LogP contribution in [-0.4, -0.2) is 9.96 Å². The summed E-state index contributed by atoms with van der Waals surface area (Å²) in [6, 6.07) is 13.1. The molecular weight excluding hydrogens is 290 g/mol. The first-order chi connectivity index (χ1) is 9.49. The molecule has 2 atom stereocenters. The first-order valence-electron chi connectivity index (χ1n) is 6.44. The molecule has 0 radical (unpaired) electrons. The van der Waals surface area contributed by atoms with Crippen molar-refractivity contribution in [3.63, 3.8) is 0 Å². The number of hydrogen-bond acceptors (Lipinski definition) is 2. The largest absolute Gasteiger partial charge is 0.323 e. The summed E-state index contributed by atoms with van der Waals surface area (Å²) in [4.78, 5) is 0.648. The van der Waals surface area contributed by atoms with Gasteiger partial charge in [-0.05, 0) is 37.1 Å². The molecule has 0 fully saturated rings. The van der Waals surface area contributed by atoms with Gasteiger partial charge in [-0.25, -0.2) is 0 Å². The summed E-state index contributed by atoms with van der Waals surface area (Å²) in [7, 11) is -1.20. The lowest BCUT2D eigenvalue weighted by atomic mass is 10.0. The molecule has 106 valence electrons. The molecule has 0 aromatic heterocycles. The minimum absolute atomic E-state index is 0.257. The molecule has 0 saturated heterocycles. The van der Waals surface area contributed by atoms with Crippen molar-refractivity contribution in [2.45, 2.75) is 24.8 Å². The van der Waals surface area contributed by atoms with Gasteiger partial charge in [-0.2, -0.15) is 0 Å². The van der Waals surface area contributed by atoms with E-state index in [1.54, 1.807) is 12.1 Å². The van der Waals surface area contributed by atoms with E-state index in [0.717, 1.165) is 11.1 Å². The summed E-state index contributed by atoms with van der Waals surface area (Å²) in [5, 5.41) is 0.527. The Labute approximate surface area is 127 Å². The summed E-state index contributed by atoms with van der Waals surface area (Å²) in [6.07, 6.45) is 0. The molecule has 4 heteroatoms. The van der Waals surface area contributed by atoms with Crippen molar-refractivity contribution in [2.24, 2.45) is 5.73 Å². The molecule has 0 heterocycles. The Balaban J connectivity index is 2.17. The third-order valence-corrected chi connectivity index (χ3v) is 5.19. The third kappa shape index (κ3) is 3.48. The van der Waals surface area contributed by atoms with Gasteiger partial charge in [-0.1, -0.05) is 47.5 Å². The Morgan fingerprint density at radius 1 is 1.20 bits per heavy atom. The molecule has 2 nitrogen and oxygen atoms in total. The molecule has 0 amide bonds. The monoisotopic (exact) mass is 307 g/mol. The van der Waals surface area contributed by atoms with E-state index in [1.165, 1.54) is 5.56 Å². The smallest absolute Gasteiger partial charge is 0.0574 e. The fourth-order valence-electron chi connectivity index (χ4n) is 2.21. The minimum Gasteiger partial charge on any atom is -0.323 e. The zero-order valence-corrected chi connectivity index (χ0v) is 13.2. The van der Waals surface area contributed by atoms with Crippen molar-refractivity contribution in [3.8, 4) is 0 Å². The van der Waals surface area contributed by atoms with E-state index in [0.29, 0.717) is 15.7 Å². The van der Waals surface area contributed by atoms with Crippen molar-refractivity contribution in [3.05, 3.63) is 64.2 Å². The lowest BCUT2D eigenvalue weighted by molar-refractivity contribution is 0.675. The van der Waals surface area contributed by atoms with Crippen LogP contribution in [0.3, 0.4) is 0 Å². The van der Waals surface area contributed by atoms with Crippen molar-refractivity contribution in [1.82, 2.24) is 0 Å². The van der Waals surface area contributed by atoms with E-state index in [1.807, 2.05) is 38.1 Å². The predicted molar refractivity (Wildman–Crippen MR) is 85.6 cm³/mol. The molecule has 20 heavy (non-hydrogen) atoms. The molecule has 0 spiro atoms. The Hall–Kier alpha value is -1.16. The average molecular weight is 308 g/mol. The molecule has 2 unspecified atom stereocenters. The molecular formula is C16H18ClNOS. The highest BCUT2D eigenvalue weighted by atomic mass is 35.5. The lowest BCUT2D eigenvalue weighted by Crippen LogP contribution is -2.19. The minimum atomic E-state index is -1.20. The van der Waals surface area contributed by atoms with E-state index in [9.17, 15) is 4.21 Å². The molecule has 2 aromatic carbocycles. The van der Waals surface area contributed by atoms with Gasteiger partial charge in [-0.3, -0.25) is 4.21 Å². The summed E-state index contributed by atoms with van der Waals surface area (Å²) in [5.41, 5.74) is 9.57. The summed E-state index contributed by atoms with van der Waals surface area (Å²) in [6.45, 7) is 4.07. The zero-order valence-electron chi connectivity index (χ0n) is 11.6. The second-order valence-corrected chi connectivity index (χ2v) is 6.78. The van der Waals surface area contributed by atoms with Gasteiger partial charge in [0, 0.05) is 11.8 Å². The van der Waals surface area contributed by atoms with E-state index >= 15 is 0 Å². The van der Waals surface area contributed by atoms with Crippen molar-refractivity contribution >= 4 is 22.4 Å². The van der Waals surface area contributed by atoms with E-state index in [-0.39, 0.29) is 6.04 Å². The molecule has 0 aliphatic carbocycles. The van der Waals surface area contributed by atoms with E-state index < -0.39 is 10.8 Å². The van der Waals surface area contributed by atoms with Gasteiger partial charge in [0.05, 0.1) is 20.7 Å². The third-order valence-electron chi connectivity index (χ3n) is 3.24. The standard InChI is InChI=1S/C16H18ClNOS/c1-11-7-8-13(12(2)9-11)15(18)10-20(19)16-6-4-3-5-14(16)17/h3-9,15H,10,18H2,1-2H3. The molecule has 2 rings (SSSR count). The van der Waals surface area contributed by atoms with Crippen LogP contribution in [0.1, 0.15) is 22.7 Å². The fourth-order valence-corrected chi connectivity index (χ4v) is 3.81. The SMILES string of the molecule is Cc1ccc(C(N)CS(=O)c2ccccc2Cl)c(C)c1. The number of nitrogens with two attached hydrogens (primary N) is 1. The summed E-state index contributed by atoms with van der Waals surface area (Å²) >= 11 is 6.07. The van der Waals surface area contributed by atoms with Gasteiger partial charge in [0.2, 0.25) is 0 Å². The van der Waals surface area contributed by atoms with Gasteiger partial charge >= 0.3 is 0 Å². The topological polar surface area (TPSA) is 43.1 Å². The van der Waals surface area contributed by atoms with Crippen LogP contribution in [0.5, 0.6) is 0 Å². The summed E-state index contributed by atoms with van der Waals surface area (Å²) in [5.74, 6) is 0.369. The van der Waals surface area contributed by atoms with Crippen LogP contribution in [0.2, 0.25) is 5.02 Å². The van der Waals surface area contributed by atoms with Crippen LogP contribution in [-0.2, 0) is 10.8 Å². The van der Waals surface area contributed by atoms with Gasteiger partial charge < -0.3 is 5.73 Å². The molecule has 0 aliphatic heterocycles. The Kier molecular flexibility index (Phi) is 4.97. The number of benzene rings is 2. The second kappa shape index (κ2) is 6.53. The van der Waals surface area contributed by atoms with Gasteiger partial charge in [-0.15, -0.1) is 0 Å². The van der Waals surface area contributed by atoms with Crippen LogP contribution in [0.25, 0.3) is 0 Å². The first-order valence-corrected chi connectivity index (χ1v) is 8.14. The molecule has 0 aliphatic rings. The maximum absolute atomic E-state index is 12.4. The van der Waals surface area contributed by atoms with E-state index in [4.69, 9.17) is 17.3 Å². The van der Waals surface area contributed by atoms with Crippen LogP contribution in [0.4, 0.5) is 0 Å². The molecule has 0 saturated carbocycles. The molecule has 0 bridgehead atoms. The number of rotatable bonds is 4. The van der Waals surface area contributed by atoms with Crippen molar-refractivity contribution in [1.29, 1.82) is 0 Å². The maximum Gasteiger partial charge on any atom is 0.0574 e. The maximum atomic E-state index is 12.4. The fraction of sp³-hybridized carbons (Fsp3) is 0.250. The first kappa shape index (κ1) is 15.2. The Bertz CT molecular complexity index is 642. The van der Waals surface area contributed by atoms with Gasteiger partial charge in [0.25, 0.3) is 0 Å². The van der Waals surface area contributed by atoms with E-state index in [2.05, 4.69) is 6.07 Å². The number of aryl methyl sites for hydroxylation is 2. The zero-order chi connectivity index (χ0) is 14.7. The number of hydrogen-bond donors (Lipinski definition) is 1. The Morgan fingerprint density at radius 3 is 2.55 bits per heavy atom. The highest BCUT2D eigenvalue weighted by molar-refractivity contribution is 7.85. The van der Waals surface area contributed by atoms with Crippen LogP contribution >= 0.6 is 11.6 Å². The highest BCUT2D eigenvalue weighted by Gasteiger charge is 2.15. The van der Waals surface area contributed by atoms with Gasteiger partial charge in [0.1, 0.15) is 0 Å². The Morgan fingerprint density at radius 2 is 1.90 bits per heavy atom. The highest BCUT2D eigenvalue weighted by Crippen LogP contribution is 2.23. The molecule has 2 aromatic rings. The summed E-state index contributed by atoms with van der Waals surface area (Å²) < 4.78 is 12.4. The van der Waals surface area contributed by atoms with Crippen LogP contribution in [0.15, 0.2) is 47.4 Å². The quantitative estimate of drug-likeness (QED) is 0.934. The van der Waals surface area contributed by atoms with Crippen LogP contribution < -0.4 is 5.73 Å². The van der Waals surface area contributed by atoms with Gasteiger partial charge in [0.15, 0.2) is 0 Å². The van der Waals surface area contributed by atoms with Crippen LogP contribution in [0, 0.1) is 13.8 Å². The van der Waals surface area contributed by atoms with Crippen molar-refractivity contribution < 1.29 is 4.21 Å². The predicted octanol–water partition coefficient (Wildman–Crippen LogP) is 3.76. The second-order valence-electron chi connectivity index (χ2n) is 4.91. The number of halogens is 1. The molecule has 2 N–H and O–H groups in total. The lowest BCUT2D eigenvalue weighted by Gasteiger charge is -2.15. The average Bonchev–Trinajstić information content (AvgIpc) is 2.38. The normalized spacial score (nSPS) is 14.0.